The largest absolute Gasteiger partial charge is 0.356 e. The molecule has 40 heavy (non-hydrogen) atoms. The van der Waals surface area contributed by atoms with E-state index in [0.29, 0.717) is 17.7 Å². The summed E-state index contributed by atoms with van der Waals surface area (Å²) in [6.07, 6.45) is 19.6. The van der Waals surface area contributed by atoms with E-state index in [4.69, 9.17) is 0 Å². The Bertz CT molecular complexity index is 708. The van der Waals surface area contributed by atoms with Crippen molar-refractivity contribution in [2.45, 2.75) is 194 Å². The van der Waals surface area contributed by atoms with Crippen molar-refractivity contribution in [3.63, 3.8) is 0 Å². The number of carbonyl (C=O) groups is 1. The van der Waals surface area contributed by atoms with Crippen LogP contribution in [0.2, 0.25) is 0 Å². The number of piperidine rings is 2. The number of unbranched alkanes of at least 4 members (excludes halogenated alkanes) is 6. The molecule has 0 bridgehead atoms. The third-order valence-corrected chi connectivity index (χ3v) is 9.80. The molecule has 0 spiro atoms. The molecule has 2 atom stereocenters. The Kier molecular flexibility index (Phi) is 14.0. The van der Waals surface area contributed by atoms with Crippen LogP contribution in [0.3, 0.4) is 0 Å². The van der Waals surface area contributed by atoms with Crippen LogP contribution in [0.4, 0.5) is 0 Å². The molecule has 0 saturated carbocycles. The Morgan fingerprint density at radius 3 is 1.75 bits per heavy atom. The molecule has 0 aromatic heterocycles. The van der Waals surface area contributed by atoms with Crippen molar-refractivity contribution in [3.05, 3.63) is 0 Å². The molecule has 2 fully saturated rings. The fourth-order valence-corrected chi connectivity index (χ4v) is 9.06. The topological polar surface area (TPSA) is 53.2 Å². The number of amides is 1. The van der Waals surface area contributed by atoms with Crippen molar-refractivity contribution in [3.8, 4) is 0 Å². The molecule has 2 aliphatic heterocycles. The molecule has 236 valence electrons. The van der Waals surface area contributed by atoms with Crippen molar-refractivity contribution in [2.75, 3.05) is 6.54 Å². The smallest absolute Gasteiger partial charge is 0.223 e. The lowest BCUT2D eigenvalue weighted by molar-refractivity contribution is -0.128. The van der Waals surface area contributed by atoms with Crippen LogP contribution in [-0.4, -0.2) is 34.6 Å². The summed E-state index contributed by atoms with van der Waals surface area (Å²) in [6.45, 7) is 24.3. The quantitative estimate of drug-likeness (QED) is 0.155. The van der Waals surface area contributed by atoms with Gasteiger partial charge >= 0.3 is 0 Å². The van der Waals surface area contributed by atoms with E-state index < -0.39 is 0 Å². The lowest BCUT2D eigenvalue weighted by atomic mass is 9.65. The Morgan fingerprint density at radius 1 is 0.675 bits per heavy atom. The van der Waals surface area contributed by atoms with Gasteiger partial charge in [-0.1, -0.05) is 71.6 Å². The lowest BCUT2D eigenvalue weighted by Crippen LogP contribution is -2.59. The molecule has 4 heteroatoms. The minimum Gasteiger partial charge on any atom is -0.356 e. The summed E-state index contributed by atoms with van der Waals surface area (Å²) in [6, 6.07) is 0. The molecule has 3 N–H and O–H groups in total. The molecule has 0 aromatic rings. The number of carbonyl (C=O) groups excluding carboxylic acids is 1. The highest BCUT2D eigenvalue weighted by atomic mass is 16.1. The van der Waals surface area contributed by atoms with Gasteiger partial charge in [0, 0.05) is 34.6 Å². The van der Waals surface area contributed by atoms with Gasteiger partial charge < -0.3 is 16.0 Å². The van der Waals surface area contributed by atoms with Crippen LogP contribution in [0.1, 0.15) is 172 Å². The predicted octanol–water partition coefficient (Wildman–Crippen LogP) is 9.17. The minimum atomic E-state index is 0.126. The maximum absolute atomic E-state index is 13.8. The van der Waals surface area contributed by atoms with Gasteiger partial charge in [0.2, 0.25) is 5.91 Å². The zero-order valence-corrected chi connectivity index (χ0v) is 28.7. The van der Waals surface area contributed by atoms with E-state index in [9.17, 15) is 4.79 Å². The molecule has 2 aliphatic rings. The first-order valence-corrected chi connectivity index (χ1v) is 17.4. The van der Waals surface area contributed by atoms with Crippen molar-refractivity contribution < 1.29 is 4.79 Å². The third-order valence-electron chi connectivity index (χ3n) is 9.80. The summed E-state index contributed by atoms with van der Waals surface area (Å²) in [4.78, 5) is 13.8. The second-order valence-corrected chi connectivity index (χ2v) is 16.6. The molecule has 2 heterocycles. The van der Waals surface area contributed by atoms with Crippen LogP contribution in [0, 0.1) is 23.7 Å². The SMILES string of the molecule is CCCCCC(C1CC(C)(C)NC(C)(C)C1)C(CCCC)C(=O)NCCCCCCC1CC(C)(C)NC(C)(C)C1. The first-order valence-electron chi connectivity index (χ1n) is 17.4. The number of rotatable bonds is 17. The summed E-state index contributed by atoms with van der Waals surface area (Å²) in [7, 11) is 0. The second kappa shape index (κ2) is 15.7. The van der Waals surface area contributed by atoms with Gasteiger partial charge in [-0.05, 0) is 118 Å². The van der Waals surface area contributed by atoms with Crippen LogP contribution in [0.5, 0.6) is 0 Å². The zero-order valence-electron chi connectivity index (χ0n) is 28.7. The molecule has 0 aromatic carbocycles. The van der Waals surface area contributed by atoms with Crippen molar-refractivity contribution in [1.82, 2.24) is 16.0 Å². The standard InChI is InChI=1S/C36H71N3O/c1-11-13-17-22-30(29-26-35(7,8)39-36(9,10)27-29)31(21-14-12-2)32(40)37-23-19-16-15-18-20-28-24-33(3,4)38-34(5,6)25-28/h28-31,38-39H,11-27H2,1-10H3,(H,37,40). The summed E-state index contributed by atoms with van der Waals surface area (Å²) < 4.78 is 0. The Balaban J connectivity index is 1.89. The highest BCUT2D eigenvalue weighted by Crippen LogP contribution is 2.43. The molecular formula is C36H71N3O. The summed E-state index contributed by atoms with van der Waals surface area (Å²) in [5, 5.41) is 11.1. The fourth-order valence-electron chi connectivity index (χ4n) is 9.06. The summed E-state index contributed by atoms with van der Waals surface area (Å²) in [5.74, 6) is 2.46. The maximum Gasteiger partial charge on any atom is 0.223 e. The molecule has 1 amide bonds. The predicted molar refractivity (Wildman–Crippen MR) is 175 cm³/mol. The normalized spacial score (nSPS) is 23.9. The third kappa shape index (κ3) is 12.7. The fraction of sp³-hybridized carbons (Fsp3) is 0.972. The summed E-state index contributed by atoms with van der Waals surface area (Å²) >= 11 is 0. The summed E-state index contributed by atoms with van der Waals surface area (Å²) in [5.41, 5.74) is 0.750. The van der Waals surface area contributed by atoms with Gasteiger partial charge in [-0.15, -0.1) is 0 Å². The maximum atomic E-state index is 13.8. The van der Waals surface area contributed by atoms with Gasteiger partial charge in [-0.2, -0.15) is 0 Å². The molecule has 4 nitrogen and oxygen atoms in total. The monoisotopic (exact) mass is 562 g/mol. The van der Waals surface area contributed by atoms with E-state index in [1.165, 1.54) is 83.5 Å². The highest BCUT2D eigenvalue weighted by molar-refractivity contribution is 5.79. The lowest BCUT2D eigenvalue weighted by Gasteiger charge is -2.50. The van der Waals surface area contributed by atoms with E-state index in [0.717, 1.165) is 31.7 Å². The van der Waals surface area contributed by atoms with E-state index in [2.05, 4.69) is 85.2 Å². The number of nitrogens with one attached hydrogen (secondary N) is 3. The van der Waals surface area contributed by atoms with Crippen molar-refractivity contribution in [1.29, 1.82) is 0 Å². The number of hydrogen-bond acceptors (Lipinski definition) is 3. The van der Waals surface area contributed by atoms with Gasteiger partial charge in [0.15, 0.2) is 0 Å². The highest BCUT2D eigenvalue weighted by Gasteiger charge is 2.43. The first kappa shape index (κ1) is 35.6. The van der Waals surface area contributed by atoms with Crippen molar-refractivity contribution in [2.24, 2.45) is 23.7 Å². The van der Waals surface area contributed by atoms with Gasteiger partial charge in [-0.25, -0.2) is 0 Å². The van der Waals surface area contributed by atoms with Crippen LogP contribution in [-0.2, 0) is 4.79 Å². The first-order chi connectivity index (χ1) is 18.6. The molecular weight excluding hydrogens is 490 g/mol. The van der Waals surface area contributed by atoms with Gasteiger partial charge in [-0.3, -0.25) is 4.79 Å². The van der Waals surface area contributed by atoms with Gasteiger partial charge in [0.05, 0.1) is 0 Å². The minimum absolute atomic E-state index is 0.126. The van der Waals surface area contributed by atoms with Gasteiger partial charge in [0.25, 0.3) is 0 Å². The molecule has 0 radical (unpaired) electrons. The van der Waals surface area contributed by atoms with E-state index in [1.54, 1.807) is 0 Å². The van der Waals surface area contributed by atoms with E-state index in [-0.39, 0.29) is 28.1 Å². The Labute approximate surface area is 250 Å². The Hall–Kier alpha value is -0.610. The van der Waals surface area contributed by atoms with Crippen LogP contribution >= 0.6 is 0 Å². The average molecular weight is 562 g/mol. The zero-order chi connectivity index (χ0) is 30.0. The Morgan fingerprint density at radius 2 is 1.20 bits per heavy atom. The average Bonchev–Trinajstić information content (AvgIpc) is 2.78. The second-order valence-electron chi connectivity index (χ2n) is 16.6. The van der Waals surface area contributed by atoms with Crippen LogP contribution in [0.15, 0.2) is 0 Å². The molecule has 0 aliphatic carbocycles. The van der Waals surface area contributed by atoms with Crippen molar-refractivity contribution >= 4 is 5.91 Å². The van der Waals surface area contributed by atoms with Gasteiger partial charge in [0.1, 0.15) is 0 Å². The molecule has 2 unspecified atom stereocenters. The number of hydrogen-bond donors (Lipinski definition) is 3. The van der Waals surface area contributed by atoms with Crippen LogP contribution in [0.25, 0.3) is 0 Å². The van der Waals surface area contributed by atoms with E-state index in [1.807, 2.05) is 0 Å². The molecule has 2 rings (SSSR count). The molecule has 2 saturated heterocycles. The van der Waals surface area contributed by atoms with Crippen LogP contribution < -0.4 is 16.0 Å². The van der Waals surface area contributed by atoms with E-state index >= 15 is 0 Å².